The van der Waals surface area contributed by atoms with Gasteiger partial charge in [-0.15, -0.1) is 0 Å². The molecule has 0 fully saturated rings. The quantitative estimate of drug-likeness (QED) is 0.868. The lowest BCUT2D eigenvalue weighted by Crippen LogP contribution is -2.25. The standard InChI is InChI=1S/C15H22N2O/c1-6-12(9-16)15(17-4)13-7-11(3)14(18-5)8-10(13)2/h7-8,12,15,17H,6H2,1-5H3. The first kappa shape index (κ1) is 14.5. The van der Waals surface area contributed by atoms with Crippen LogP contribution in [0.5, 0.6) is 5.75 Å². The second kappa shape index (κ2) is 6.42. The summed E-state index contributed by atoms with van der Waals surface area (Å²) in [5.74, 6) is 0.887. The van der Waals surface area contributed by atoms with Crippen molar-refractivity contribution in [1.29, 1.82) is 5.26 Å². The maximum atomic E-state index is 9.24. The average molecular weight is 246 g/mol. The summed E-state index contributed by atoms with van der Waals surface area (Å²) in [6, 6.07) is 6.62. The van der Waals surface area contributed by atoms with Crippen molar-refractivity contribution in [1.82, 2.24) is 5.32 Å². The normalized spacial score (nSPS) is 13.8. The molecule has 0 saturated heterocycles. The first-order valence-electron chi connectivity index (χ1n) is 6.31. The highest BCUT2D eigenvalue weighted by molar-refractivity contribution is 5.43. The molecule has 2 unspecified atom stereocenters. The van der Waals surface area contributed by atoms with E-state index >= 15 is 0 Å². The van der Waals surface area contributed by atoms with E-state index in [2.05, 4.69) is 24.4 Å². The fourth-order valence-electron chi connectivity index (χ4n) is 2.34. The fraction of sp³-hybridized carbons (Fsp3) is 0.533. The minimum Gasteiger partial charge on any atom is -0.496 e. The van der Waals surface area contributed by atoms with Crippen molar-refractivity contribution in [2.24, 2.45) is 5.92 Å². The van der Waals surface area contributed by atoms with Crippen LogP contribution in [0.1, 0.15) is 36.1 Å². The van der Waals surface area contributed by atoms with Gasteiger partial charge < -0.3 is 10.1 Å². The zero-order valence-corrected chi connectivity index (χ0v) is 11.9. The van der Waals surface area contributed by atoms with Gasteiger partial charge in [0.2, 0.25) is 0 Å². The molecule has 1 N–H and O–H groups in total. The van der Waals surface area contributed by atoms with Crippen LogP contribution in [0.25, 0.3) is 0 Å². The number of benzene rings is 1. The molecule has 3 heteroatoms. The average Bonchev–Trinajstić information content (AvgIpc) is 2.38. The molecule has 0 aliphatic carbocycles. The summed E-state index contributed by atoms with van der Waals surface area (Å²) in [6.45, 7) is 6.14. The number of hydrogen-bond acceptors (Lipinski definition) is 3. The van der Waals surface area contributed by atoms with Crippen LogP contribution >= 0.6 is 0 Å². The molecule has 0 radical (unpaired) electrons. The lowest BCUT2D eigenvalue weighted by molar-refractivity contribution is 0.409. The Labute approximate surface area is 110 Å². The number of nitriles is 1. The molecule has 0 aliphatic rings. The van der Waals surface area contributed by atoms with E-state index in [0.717, 1.165) is 23.3 Å². The minimum absolute atomic E-state index is 0.0125. The smallest absolute Gasteiger partial charge is 0.122 e. The van der Waals surface area contributed by atoms with Gasteiger partial charge in [-0.3, -0.25) is 0 Å². The third-order valence-electron chi connectivity index (χ3n) is 3.44. The summed E-state index contributed by atoms with van der Waals surface area (Å²) in [7, 11) is 3.59. The van der Waals surface area contributed by atoms with E-state index in [1.807, 2.05) is 27.0 Å². The Morgan fingerprint density at radius 1 is 1.33 bits per heavy atom. The second-order valence-electron chi connectivity index (χ2n) is 4.59. The third-order valence-corrected chi connectivity index (χ3v) is 3.44. The number of nitrogens with one attached hydrogen (secondary N) is 1. The van der Waals surface area contributed by atoms with E-state index in [4.69, 9.17) is 4.74 Å². The van der Waals surface area contributed by atoms with E-state index < -0.39 is 0 Å². The van der Waals surface area contributed by atoms with Gasteiger partial charge in [0.05, 0.1) is 19.1 Å². The van der Waals surface area contributed by atoms with Crippen molar-refractivity contribution < 1.29 is 4.74 Å². The van der Waals surface area contributed by atoms with Crippen LogP contribution < -0.4 is 10.1 Å². The van der Waals surface area contributed by atoms with Gasteiger partial charge >= 0.3 is 0 Å². The largest absolute Gasteiger partial charge is 0.496 e. The zero-order valence-electron chi connectivity index (χ0n) is 11.9. The Balaban J connectivity index is 3.22. The van der Waals surface area contributed by atoms with Crippen LogP contribution in [-0.4, -0.2) is 14.2 Å². The summed E-state index contributed by atoms with van der Waals surface area (Å²) >= 11 is 0. The molecule has 0 aliphatic heterocycles. The highest BCUT2D eigenvalue weighted by Gasteiger charge is 2.22. The van der Waals surface area contributed by atoms with Gasteiger partial charge in [0.25, 0.3) is 0 Å². The van der Waals surface area contributed by atoms with Crippen molar-refractivity contribution in [2.45, 2.75) is 33.2 Å². The summed E-state index contributed by atoms with van der Waals surface area (Å²) in [5, 5.41) is 12.5. The van der Waals surface area contributed by atoms with Gasteiger partial charge in [-0.25, -0.2) is 0 Å². The Morgan fingerprint density at radius 2 is 2.00 bits per heavy atom. The Morgan fingerprint density at radius 3 is 2.44 bits per heavy atom. The van der Waals surface area contributed by atoms with Gasteiger partial charge in [0, 0.05) is 6.04 Å². The monoisotopic (exact) mass is 246 g/mol. The number of aryl methyl sites for hydroxylation is 2. The molecule has 1 aromatic carbocycles. The fourth-order valence-corrected chi connectivity index (χ4v) is 2.34. The van der Waals surface area contributed by atoms with E-state index in [1.165, 1.54) is 5.56 Å². The molecule has 2 atom stereocenters. The van der Waals surface area contributed by atoms with Gasteiger partial charge in [-0.05, 0) is 50.1 Å². The summed E-state index contributed by atoms with van der Waals surface area (Å²) in [5.41, 5.74) is 3.45. The van der Waals surface area contributed by atoms with Crippen molar-refractivity contribution in [2.75, 3.05) is 14.2 Å². The van der Waals surface area contributed by atoms with E-state index in [9.17, 15) is 5.26 Å². The maximum Gasteiger partial charge on any atom is 0.122 e. The number of nitrogens with zero attached hydrogens (tertiary/aromatic N) is 1. The molecule has 0 spiro atoms. The SMILES string of the molecule is CCC(C#N)C(NC)c1cc(C)c(OC)cc1C. The van der Waals surface area contributed by atoms with Crippen LogP contribution in [0.3, 0.4) is 0 Å². The van der Waals surface area contributed by atoms with Crippen LogP contribution in [0.4, 0.5) is 0 Å². The molecule has 98 valence electrons. The van der Waals surface area contributed by atoms with Crippen LogP contribution in [0, 0.1) is 31.1 Å². The van der Waals surface area contributed by atoms with Crippen molar-refractivity contribution in [3.05, 3.63) is 28.8 Å². The van der Waals surface area contributed by atoms with Crippen LogP contribution in [0.15, 0.2) is 12.1 Å². The van der Waals surface area contributed by atoms with Gasteiger partial charge in [-0.1, -0.05) is 13.0 Å². The highest BCUT2D eigenvalue weighted by atomic mass is 16.5. The first-order valence-corrected chi connectivity index (χ1v) is 6.31. The van der Waals surface area contributed by atoms with Crippen LogP contribution in [-0.2, 0) is 0 Å². The Hall–Kier alpha value is -1.53. The zero-order chi connectivity index (χ0) is 13.7. The number of methoxy groups -OCH3 is 1. The molecule has 0 aromatic heterocycles. The van der Waals surface area contributed by atoms with E-state index in [-0.39, 0.29) is 12.0 Å². The molecule has 1 rings (SSSR count). The number of ether oxygens (including phenoxy) is 1. The van der Waals surface area contributed by atoms with E-state index in [1.54, 1.807) is 7.11 Å². The molecule has 0 heterocycles. The topological polar surface area (TPSA) is 45.0 Å². The molecular weight excluding hydrogens is 224 g/mol. The lowest BCUT2D eigenvalue weighted by Gasteiger charge is -2.24. The number of rotatable bonds is 5. The molecule has 1 aromatic rings. The van der Waals surface area contributed by atoms with Gasteiger partial charge in [0.1, 0.15) is 5.75 Å². The Bertz CT molecular complexity index is 449. The molecule has 0 amide bonds. The third kappa shape index (κ3) is 2.83. The van der Waals surface area contributed by atoms with Gasteiger partial charge in [-0.2, -0.15) is 5.26 Å². The first-order chi connectivity index (χ1) is 8.58. The Kier molecular flexibility index (Phi) is 5.18. The van der Waals surface area contributed by atoms with Crippen LogP contribution in [0.2, 0.25) is 0 Å². The maximum absolute atomic E-state index is 9.24. The molecule has 0 saturated carbocycles. The van der Waals surface area contributed by atoms with Crippen molar-refractivity contribution in [3.63, 3.8) is 0 Å². The second-order valence-corrected chi connectivity index (χ2v) is 4.59. The minimum atomic E-state index is -0.0125. The van der Waals surface area contributed by atoms with E-state index in [0.29, 0.717) is 0 Å². The number of hydrogen-bond donors (Lipinski definition) is 1. The van der Waals surface area contributed by atoms with Gasteiger partial charge in [0.15, 0.2) is 0 Å². The van der Waals surface area contributed by atoms with Crippen molar-refractivity contribution in [3.8, 4) is 11.8 Å². The molecular formula is C15H22N2O. The molecule has 18 heavy (non-hydrogen) atoms. The predicted molar refractivity (Wildman–Crippen MR) is 73.7 cm³/mol. The summed E-state index contributed by atoms with van der Waals surface area (Å²) in [4.78, 5) is 0. The molecule has 3 nitrogen and oxygen atoms in total. The molecule has 0 bridgehead atoms. The van der Waals surface area contributed by atoms with Crippen molar-refractivity contribution >= 4 is 0 Å². The summed E-state index contributed by atoms with van der Waals surface area (Å²) in [6.07, 6.45) is 0.840. The highest BCUT2D eigenvalue weighted by Crippen LogP contribution is 2.31. The lowest BCUT2D eigenvalue weighted by atomic mass is 9.88. The predicted octanol–water partition coefficient (Wildman–Crippen LogP) is 3.12. The summed E-state index contributed by atoms with van der Waals surface area (Å²) < 4.78 is 5.32.